The number of aryl methyl sites for hydroxylation is 2. The number of nitrogens with zero attached hydrogens (tertiary/aromatic N) is 1. The van der Waals surface area contributed by atoms with Crippen molar-refractivity contribution in [2.24, 2.45) is 0 Å². The second kappa shape index (κ2) is 9.11. The third-order valence-electron chi connectivity index (χ3n) is 5.63. The summed E-state index contributed by atoms with van der Waals surface area (Å²) in [5.74, 6) is -0.472. The normalized spacial score (nSPS) is 15.8. The summed E-state index contributed by atoms with van der Waals surface area (Å²) >= 11 is 1.27. The summed E-state index contributed by atoms with van der Waals surface area (Å²) in [5.41, 5.74) is 3.15. The number of amides is 1. The highest BCUT2D eigenvalue weighted by molar-refractivity contribution is 7.12. The van der Waals surface area contributed by atoms with Gasteiger partial charge in [-0.25, -0.2) is 0 Å². The van der Waals surface area contributed by atoms with Crippen LogP contribution in [0.15, 0.2) is 65.2 Å². The topological polar surface area (TPSA) is 76.1 Å². The first-order valence-corrected chi connectivity index (χ1v) is 11.5. The van der Waals surface area contributed by atoms with Gasteiger partial charge in [-0.15, -0.1) is 11.3 Å². The van der Waals surface area contributed by atoms with Crippen LogP contribution in [-0.2, 0) is 4.79 Å². The van der Waals surface area contributed by atoms with E-state index in [-0.39, 0.29) is 11.4 Å². The molecule has 4 rings (SSSR count). The molecule has 3 aromatic rings. The molecule has 0 aliphatic carbocycles. The number of ether oxygens (including phenoxy) is 2. The Balaban J connectivity index is 1.93. The highest BCUT2D eigenvalue weighted by Crippen LogP contribution is 2.45. The molecule has 1 amide bonds. The number of aliphatic hydroxyl groups excluding tert-OH is 1. The molecule has 6 nitrogen and oxygen atoms in total. The average molecular weight is 464 g/mol. The lowest BCUT2D eigenvalue weighted by atomic mass is 9.94. The predicted molar refractivity (Wildman–Crippen MR) is 129 cm³/mol. The fourth-order valence-corrected chi connectivity index (χ4v) is 4.73. The number of aliphatic hydroxyl groups is 1. The van der Waals surface area contributed by atoms with Gasteiger partial charge >= 0.3 is 0 Å². The molecule has 1 N–H and O–H groups in total. The van der Waals surface area contributed by atoms with E-state index in [2.05, 4.69) is 0 Å². The quantitative estimate of drug-likeness (QED) is 0.465. The van der Waals surface area contributed by atoms with Gasteiger partial charge in [-0.05, 0) is 67.1 Å². The molecule has 0 fully saturated rings. The van der Waals surface area contributed by atoms with E-state index in [9.17, 15) is 14.7 Å². The molecule has 0 saturated carbocycles. The van der Waals surface area contributed by atoms with E-state index in [0.29, 0.717) is 34.2 Å². The largest absolute Gasteiger partial charge is 0.503 e. The monoisotopic (exact) mass is 463 g/mol. The highest BCUT2D eigenvalue weighted by Gasteiger charge is 2.45. The van der Waals surface area contributed by atoms with Crippen LogP contribution in [-0.4, -0.2) is 30.5 Å². The van der Waals surface area contributed by atoms with Crippen molar-refractivity contribution in [3.8, 4) is 11.5 Å². The lowest BCUT2D eigenvalue weighted by molar-refractivity contribution is -0.117. The van der Waals surface area contributed by atoms with Crippen LogP contribution in [0, 0.1) is 13.8 Å². The van der Waals surface area contributed by atoms with E-state index in [1.54, 1.807) is 42.8 Å². The molecule has 0 spiro atoms. The molecule has 1 aliphatic heterocycles. The maximum absolute atomic E-state index is 13.5. The van der Waals surface area contributed by atoms with Gasteiger partial charge in [0.2, 0.25) is 5.78 Å². The maximum Gasteiger partial charge on any atom is 0.294 e. The minimum Gasteiger partial charge on any atom is -0.503 e. The zero-order valence-electron chi connectivity index (χ0n) is 18.9. The first-order chi connectivity index (χ1) is 15.9. The number of hydrogen-bond donors (Lipinski definition) is 1. The molecule has 2 heterocycles. The zero-order valence-corrected chi connectivity index (χ0v) is 19.7. The third-order valence-corrected chi connectivity index (χ3v) is 6.49. The number of hydrogen-bond acceptors (Lipinski definition) is 6. The third kappa shape index (κ3) is 4.00. The molecular weight excluding hydrogens is 438 g/mol. The Morgan fingerprint density at radius 1 is 1.12 bits per heavy atom. The Morgan fingerprint density at radius 3 is 2.58 bits per heavy atom. The average Bonchev–Trinajstić information content (AvgIpc) is 3.43. The Morgan fingerprint density at radius 2 is 1.91 bits per heavy atom. The van der Waals surface area contributed by atoms with Crippen molar-refractivity contribution >= 4 is 28.7 Å². The first-order valence-electron chi connectivity index (χ1n) is 10.6. The molecule has 1 aromatic heterocycles. The molecule has 2 aromatic carbocycles. The lowest BCUT2D eigenvalue weighted by Crippen LogP contribution is -2.31. The molecule has 170 valence electrons. The summed E-state index contributed by atoms with van der Waals surface area (Å²) in [4.78, 5) is 28.8. The van der Waals surface area contributed by atoms with Gasteiger partial charge < -0.3 is 14.6 Å². The molecular formula is C26H25NO5S. The number of Topliss-reactive ketones (excluding diaryl/α,β-unsaturated/α-hetero) is 1. The number of methoxy groups -OCH3 is 1. The number of thiophene rings is 1. The van der Waals surface area contributed by atoms with Gasteiger partial charge in [0, 0.05) is 5.69 Å². The molecule has 7 heteroatoms. The molecule has 0 saturated heterocycles. The maximum atomic E-state index is 13.5. The minimum absolute atomic E-state index is 0.0518. The summed E-state index contributed by atoms with van der Waals surface area (Å²) in [6, 6.07) is 13.7. The van der Waals surface area contributed by atoms with Gasteiger partial charge in [-0.3, -0.25) is 14.5 Å². The first kappa shape index (κ1) is 22.6. The number of benzene rings is 2. The smallest absolute Gasteiger partial charge is 0.294 e. The van der Waals surface area contributed by atoms with Gasteiger partial charge in [0.15, 0.2) is 17.3 Å². The van der Waals surface area contributed by atoms with Crippen molar-refractivity contribution in [3.05, 3.63) is 86.8 Å². The predicted octanol–water partition coefficient (Wildman–Crippen LogP) is 5.56. The van der Waals surface area contributed by atoms with Crippen LogP contribution >= 0.6 is 11.3 Å². The number of carbonyl (C=O) groups is 2. The van der Waals surface area contributed by atoms with Crippen molar-refractivity contribution in [3.63, 3.8) is 0 Å². The fourth-order valence-electron chi connectivity index (χ4n) is 4.05. The van der Waals surface area contributed by atoms with Crippen LogP contribution in [0.4, 0.5) is 5.69 Å². The second-order valence-electron chi connectivity index (χ2n) is 7.78. The van der Waals surface area contributed by atoms with Gasteiger partial charge in [-0.1, -0.05) is 24.3 Å². The molecule has 1 aliphatic rings. The van der Waals surface area contributed by atoms with Crippen molar-refractivity contribution in [1.82, 2.24) is 0 Å². The Hall–Kier alpha value is -3.58. The standard InChI is InChI=1S/C26H25NO5S/c1-5-32-20-14-17(10-11-19(20)31-4)23-22(24(28)21-7-6-12-33-21)25(29)26(30)27(23)18-13-15(2)8-9-16(18)3/h6-14,23,29H,5H2,1-4H3. The Kier molecular flexibility index (Phi) is 6.24. The van der Waals surface area contributed by atoms with E-state index in [4.69, 9.17) is 9.47 Å². The van der Waals surface area contributed by atoms with Gasteiger partial charge in [-0.2, -0.15) is 0 Å². The molecule has 0 bridgehead atoms. The lowest BCUT2D eigenvalue weighted by Gasteiger charge is -2.29. The Bertz CT molecular complexity index is 1250. The fraction of sp³-hybridized carbons (Fsp3) is 0.231. The van der Waals surface area contributed by atoms with Gasteiger partial charge in [0.05, 0.1) is 30.2 Å². The van der Waals surface area contributed by atoms with Gasteiger partial charge in [0.25, 0.3) is 5.91 Å². The molecule has 33 heavy (non-hydrogen) atoms. The SMILES string of the molecule is CCOc1cc(C2C(C(=O)c3cccs3)=C(O)C(=O)N2c2cc(C)ccc2C)ccc1OC. The van der Waals surface area contributed by atoms with Crippen LogP contribution in [0.1, 0.15) is 39.3 Å². The summed E-state index contributed by atoms with van der Waals surface area (Å²) in [6.45, 7) is 6.12. The van der Waals surface area contributed by atoms with Crippen LogP contribution in [0.3, 0.4) is 0 Å². The molecule has 0 radical (unpaired) electrons. The van der Waals surface area contributed by atoms with Gasteiger partial charge in [0.1, 0.15) is 0 Å². The number of rotatable bonds is 7. The van der Waals surface area contributed by atoms with Crippen LogP contribution in [0.2, 0.25) is 0 Å². The van der Waals surface area contributed by atoms with Crippen molar-refractivity contribution in [2.75, 3.05) is 18.6 Å². The number of anilines is 1. The van der Waals surface area contributed by atoms with Crippen LogP contribution in [0.25, 0.3) is 0 Å². The van der Waals surface area contributed by atoms with Crippen molar-refractivity contribution < 1.29 is 24.2 Å². The molecule has 1 unspecified atom stereocenters. The van der Waals surface area contributed by atoms with Crippen molar-refractivity contribution in [2.45, 2.75) is 26.8 Å². The zero-order chi connectivity index (χ0) is 23.7. The summed E-state index contributed by atoms with van der Waals surface area (Å²) in [5, 5.41) is 12.7. The van der Waals surface area contributed by atoms with Crippen LogP contribution < -0.4 is 14.4 Å². The Labute approximate surface area is 196 Å². The van der Waals surface area contributed by atoms with E-state index in [0.717, 1.165) is 11.1 Å². The van der Waals surface area contributed by atoms with Crippen molar-refractivity contribution in [1.29, 1.82) is 0 Å². The highest BCUT2D eigenvalue weighted by atomic mass is 32.1. The van der Waals surface area contributed by atoms with Crippen LogP contribution in [0.5, 0.6) is 11.5 Å². The summed E-state index contributed by atoms with van der Waals surface area (Å²) in [7, 11) is 1.55. The minimum atomic E-state index is -0.822. The second-order valence-corrected chi connectivity index (χ2v) is 8.73. The van der Waals surface area contributed by atoms with E-state index in [1.807, 2.05) is 39.0 Å². The van der Waals surface area contributed by atoms with E-state index >= 15 is 0 Å². The van der Waals surface area contributed by atoms with E-state index < -0.39 is 17.7 Å². The van der Waals surface area contributed by atoms with E-state index in [1.165, 1.54) is 16.2 Å². The summed E-state index contributed by atoms with van der Waals surface area (Å²) < 4.78 is 11.1. The summed E-state index contributed by atoms with van der Waals surface area (Å²) in [6.07, 6.45) is 0. The molecule has 1 atom stereocenters. The number of carbonyl (C=O) groups excluding carboxylic acids is 2. The number of ketones is 1.